The summed E-state index contributed by atoms with van der Waals surface area (Å²) in [5.41, 5.74) is 0. The molecule has 1 unspecified atom stereocenters. The predicted molar refractivity (Wildman–Crippen MR) is 45.5 cm³/mol. The van der Waals surface area contributed by atoms with Crippen molar-refractivity contribution >= 4 is 12.6 Å². The van der Waals surface area contributed by atoms with Crippen LogP contribution in [0.25, 0.3) is 0 Å². The van der Waals surface area contributed by atoms with Crippen molar-refractivity contribution in [3.63, 3.8) is 0 Å². The van der Waals surface area contributed by atoms with Crippen LogP contribution in [0.1, 0.15) is 6.92 Å². The van der Waals surface area contributed by atoms with Crippen molar-refractivity contribution in [3.05, 3.63) is 24.2 Å². The highest BCUT2D eigenvalue weighted by molar-refractivity contribution is 5.83. The molecule has 1 heterocycles. The van der Waals surface area contributed by atoms with E-state index in [0.717, 1.165) is 0 Å². The van der Waals surface area contributed by atoms with Crippen LogP contribution in [0.3, 0.4) is 0 Å². The van der Waals surface area contributed by atoms with Crippen LogP contribution in [-0.4, -0.2) is 18.7 Å². The number of rotatable bonds is 2. The van der Waals surface area contributed by atoms with E-state index < -0.39 is 6.10 Å². The summed E-state index contributed by atoms with van der Waals surface area (Å²) in [4.78, 5) is 14.6. The van der Waals surface area contributed by atoms with Crippen LogP contribution in [0.5, 0.6) is 0 Å². The molecule has 0 spiro atoms. The maximum atomic E-state index is 11.0. The maximum Gasteiger partial charge on any atom is 0.266 e. The standard InChI is InChI=1S/C8H10N2O2/c1-4-6-7(9-3)10-8(11)5(2)12-6/h4-5H,1,3H2,2H3,(H,10,11). The third-order valence-corrected chi connectivity index (χ3v) is 1.49. The Bertz CT molecular complexity index is 268. The fraction of sp³-hybridized carbons (Fsp3) is 0.250. The highest BCUT2D eigenvalue weighted by Gasteiger charge is 2.23. The van der Waals surface area contributed by atoms with Crippen LogP contribution in [-0.2, 0) is 9.53 Å². The van der Waals surface area contributed by atoms with Gasteiger partial charge < -0.3 is 10.1 Å². The summed E-state index contributed by atoms with van der Waals surface area (Å²) in [7, 11) is 0. The summed E-state index contributed by atoms with van der Waals surface area (Å²) in [6, 6.07) is 0. The lowest BCUT2D eigenvalue weighted by Gasteiger charge is -2.21. The Labute approximate surface area is 70.6 Å². The van der Waals surface area contributed by atoms with Gasteiger partial charge in [0.05, 0.1) is 0 Å². The Morgan fingerprint density at radius 2 is 2.42 bits per heavy atom. The average molecular weight is 166 g/mol. The molecule has 12 heavy (non-hydrogen) atoms. The molecule has 1 amide bonds. The van der Waals surface area contributed by atoms with E-state index >= 15 is 0 Å². The zero-order valence-corrected chi connectivity index (χ0v) is 6.83. The molecule has 1 aliphatic rings. The zero-order valence-electron chi connectivity index (χ0n) is 6.83. The number of nitrogens with one attached hydrogen (secondary N) is 1. The third-order valence-electron chi connectivity index (χ3n) is 1.49. The van der Waals surface area contributed by atoms with E-state index in [1.165, 1.54) is 6.08 Å². The fourth-order valence-electron chi connectivity index (χ4n) is 0.842. The van der Waals surface area contributed by atoms with Crippen LogP contribution in [0, 0.1) is 0 Å². The van der Waals surface area contributed by atoms with Crippen LogP contribution >= 0.6 is 0 Å². The van der Waals surface area contributed by atoms with Gasteiger partial charge in [-0.15, -0.1) is 0 Å². The minimum atomic E-state index is -0.497. The smallest absolute Gasteiger partial charge is 0.266 e. The molecule has 64 valence electrons. The first-order valence-corrected chi connectivity index (χ1v) is 3.50. The molecule has 1 aliphatic heterocycles. The topological polar surface area (TPSA) is 50.7 Å². The van der Waals surface area contributed by atoms with Crippen molar-refractivity contribution in [2.75, 3.05) is 0 Å². The summed E-state index contributed by atoms with van der Waals surface area (Å²) in [5, 5.41) is 2.53. The van der Waals surface area contributed by atoms with Gasteiger partial charge in [-0.1, -0.05) is 6.58 Å². The summed E-state index contributed by atoms with van der Waals surface area (Å²) in [6.07, 6.45) is 0.989. The highest BCUT2D eigenvalue weighted by atomic mass is 16.5. The summed E-state index contributed by atoms with van der Waals surface area (Å²) in [6.45, 7) is 8.46. The van der Waals surface area contributed by atoms with Gasteiger partial charge in [-0.2, -0.15) is 0 Å². The van der Waals surface area contributed by atoms with Gasteiger partial charge >= 0.3 is 0 Å². The zero-order chi connectivity index (χ0) is 9.14. The van der Waals surface area contributed by atoms with Crippen LogP contribution in [0.2, 0.25) is 0 Å². The number of hydrogen-bond acceptors (Lipinski definition) is 3. The normalized spacial score (nSPS) is 22.8. The van der Waals surface area contributed by atoms with Crippen molar-refractivity contribution < 1.29 is 9.53 Å². The number of amides is 1. The first-order valence-electron chi connectivity index (χ1n) is 3.50. The van der Waals surface area contributed by atoms with Crippen molar-refractivity contribution in [1.82, 2.24) is 5.32 Å². The molecule has 0 aliphatic carbocycles. The van der Waals surface area contributed by atoms with Gasteiger partial charge in [0.25, 0.3) is 5.91 Å². The van der Waals surface area contributed by atoms with Gasteiger partial charge in [-0.25, -0.2) is 4.99 Å². The van der Waals surface area contributed by atoms with E-state index in [2.05, 4.69) is 23.6 Å². The van der Waals surface area contributed by atoms with Gasteiger partial charge in [0.15, 0.2) is 17.7 Å². The summed E-state index contributed by atoms with van der Waals surface area (Å²) < 4.78 is 5.17. The second-order valence-electron chi connectivity index (χ2n) is 2.32. The van der Waals surface area contributed by atoms with E-state index in [0.29, 0.717) is 11.6 Å². The molecule has 0 bridgehead atoms. The minimum absolute atomic E-state index is 0.219. The van der Waals surface area contributed by atoms with Crippen LogP contribution < -0.4 is 5.32 Å². The Morgan fingerprint density at radius 3 is 2.92 bits per heavy atom. The Hall–Kier alpha value is -1.58. The van der Waals surface area contributed by atoms with Crippen molar-refractivity contribution in [2.45, 2.75) is 13.0 Å². The highest BCUT2D eigenvalue weighted by Crippen LogP contribution is 2.14. The van der Waals surface area contributed by atoms with E-state index in [1.54, 1.807) is 6.92 Å². The largest absolute Gasteiger partial charge is 0.477 e. The van der Waals surface area contributed by atoms with Crippen LogP contribution in [0.4, 0.5) is 0 Å². The Kier molecular flexibility index (Phi) is 2.28. The second kappa shape index (κ2) is 3.21. The molecule has 1 N–H and O–H groups in total. The number of allylic oxidation sites excluding steroid dienone is 1. The lowest BCUT2D eigenvalue weighted by atomic mass is 10.3. The maximum absolute atomic E-state index is 11.0. The third kappa shape index (κ3) is 1.37. The average Bonchev–Trinajstić information content (AvgIpc) is 2.09. The van der Waals surface area contributed by atoms with E-state index in [9.17, 15) is 4.79 Å². The first-order chi connectivity index (χ1) is 5.69. The minimum Gasteiger partial charge on any atom is -0.477 e. The van der Waals surface area contributed by atoms with Gasteiger partial charge in [0.1, 0.15) is 0 Å². The molecule has 0 aromatic carbocycles. The molecule has 0 aromatic rings. The summed E-state index contributed by atoms with van der Waals surface area (Å²) >= 11 is 0. The Morgan fingerprint density at radius 1 is 1.75 bits per heavy atom. The van der Waals surface area contributed by atoms with Crippen molar-refractivity contribution in [1.29, 1.82) is 0 Å². The van der Waals surface area contributed by atoms with Crippen LogP contribution in [0.15, 0.2) is 29.2 Å². The molecular weight excluding hydrogens is 156 g/mol. The molecule has 0 saturated heterocycles. The van der Waals surface area contributed by atoms with Gasteiger partial charge in [-0.05, 0) is 19.7 Å². The Balaban J connectivity index is 2.97. The molecule has 0 radical (unpaired) electrons. The second-order valence-corrected chi connectivity index (χ2v) is 2.32. The molecule has 1 rings (SSSR count). The number of ether oxygens (including phenoxy) is 1. The molecular formula is C8H10N2O2. The number of carbonyl (C=O) groups excluding carboxylic acids is 1. The molecule has 0 fully saturated rings. The molecule has 0 aromatic heterocycles. The number of carbonyl (C=O) groups is 1. The number of aliphatic imine (C=N–C) groups is 1. The lowest BCUT2D eigenvalue weighted by molar-refractivity contribution is -0.130. The van der Waals surface area contributed by atoms with Gasteiger partial charge in [-0.3, -0.25) is 4.79 Å². The van der Waals surface area contributed by atoms with Crippen molar-refractivity contribution in [3.8, 4) is 0 Å². The molecule has 1 atom stereocenters. The number of hydrogen-bond donors (Lipinski definition) is 1. The van der Waals surface area contributed by atoms with E-state index in [4.69, 9.17) is 4.74 Å². The predicted octanol–water partition coefficient (Wildman–Crippen LogP) is 0.577. The van der Waals surface area contributed by atoms with Gasteiger partial charge in [0.2, 0.25) is 0 Å². The summed E-state index contributed by atoms with van der Waals surface area (Å²) in [5.74, 6) is 0.563. The first kappa shape index (κ1) is 8.52. The quantitative estimate of drug-likeness (QED) is 0.610. The van der Waals surface area contributed by atoms with E-state index in [-0.39, 0.29) is 5.91 Å². The molecule has 0 saturated carbocycles. The number of nitrogens with zero attached hydrogens (tertiary/aromatic N) is 1. The fourth-order valence-corrected chi connectivity index (χ4v) is 0.842. The molecule has 4 nitrogen and oxygen atoms in total. The lowest BCUT2D eigenvalue weighted by Crippen LogP contribution is -2.38. The monoisotopic (exact) mass is 166 g/mol. The van der Waals surface area contributed by atoms with Gasteiger partial charge in [0, 0.05) is 0 Å². The van der Waals surface area contributed by atoms with E-state index in [1.807, 2.05) is 0 Å². The SMILES string of the molecule is C=CC1=C(N=C)NC(=O)C(C)O1. The van der Waals surface area contributed by atoms with Crippen molar-refractivity contribution in [2.24, 2.45) is 4.99 Å². The molecule has 4 heteroatoms.